The van der Waals surface area contributed by atoms with Crippen molar-refractivity contribution in [3.63, 3.8) is 0 Å². The summed E-state index contributed by atoms with van der Waals surface area (Å²) in [7, 11) is 0. The Balaban J connectivity index is 1.25. The molecule has 2 nitrogen and oxygen atoms in total. The van der Waals surface area contributed by atoms with Crippen LogP contribution in [0.5, 0.6) is 0 Å². The quantitative estimate of drug-likeness (QED) is 0.199. The second-order valence-electron chi connectivity index (χ2n) is 9.86. The molecule has 0 N–H and O–H groups in total. The minimum atomic E-state index is 0.976. The van der Waals surface area contributed by atoms with Gasteiger partial charge in [-0.1, -0.05) is 78.6 Å². The molecule has 0 aliphatic heterocycles. The first kappa shape index (κ1) is 25.7. The van der Waals surface area contributed by atoms with Gasteiger partial charge in [0, 0.05) is 45.3 Å². The van der Waals surface area contributed by atoms with Crippen LogP contribution in [0, 0.1) is 18.8 Å². The zero-order valence-electron chi connectivity index (χ0n) is 23.0. The Bertz CT molecular complexity index is 1730. The molecule has 0 spiro atoms. The van der Waals surface area contributed by atoms with Crippen LogP contribution in [-0.4, -0.2) is 0 Å². The number of benzene rings is 6. The third-order valence-corrected chi connectivity index (χ3v) is 6.91. The van der Waals surface area contributed by atoms with Crippen molar-refractivity contribution in [1.29, 1.82) is 0 Å². The van der Waals surface area contributed by atoms with Crippen LogP contribution in [-0.2, 0) is 0 Å². The van der Waals surface area contributed by atoms with Crippen molar-refractivity contribution in [2.24, 2.45) is 0 Å². The second kappa shape index (κ2) is 12.1. The van der Waals surface area contributed by atoms with Crippen LogP contribution in [0.3, 0.4) is 0 Å². The molecule has 0 amide bonds. The summed E-state index contributed by atoms with van der Waals surface area (Å²) in [6.07, 6.45) is 0. The van der Waals surface area contributed by atoms with Crippen molar-refractivity contribution in [3.8, 4) is 11.8 Å². The lowest BCUT2D eigenvalue weighted by molar-refractivity contribution is 1.27. The van der Waals surface area contributed by atoms with Gasteiger partial charge in [-0.2, -0.15) is 0 Å². The molecular formula is C39H30N2. The van der Waals surface area contributed by atoms with Crippen molar-refractivity contribution in [3.05, 3.63) is 180 Å². The molecule has 41 heavy (non-hydrogen) atoms. The maximum Gasteiger partial charge on any atom is 0.0464 e. The SMILES string of the molecule is Cc1cccc(N(c2ccccc2)c2ccc(C#Cc3ccc(N(c4ccccc4)c4ccccc4)cc3)cc2)c1. The number of para-hydroxylation sites is 3. The number of rotatable bonds is 6. The summed E-state index contributed by atoms with van der Waals surface area (Å²) in [5.41, 5.74) is 9.86. The summed E-state index contributed by atoms with van der Waals surface area (Å²) in [6, 6.07) is 56.8. The molecule has 0 atom stereocenters. The monoisotopic (exact) mass is 526 g/mol. The Kier molecular flexibility index (Phi) is 7.61. The molecule has 0 fully saturated rings. The summed E-state index contributed by atoms with van der Waals surface area (Å²) < 4.78 is 0. The molecule has 0 radical (unpaired) electrons. The van der Waals surface area contributed by atoms with Crippen LogP contribution in [0.15, 0.2) is 164 Å². The maximum atomic E-state index is 3.35. The van der Waals surface area contributed by atoms with Gasteiger partial charge in [0.25, 0.3) is 0 Å². The topological polar surface area (TPSA) is 6.48 Å². The van der Waals surface area contributed by atoms with E-state index in [1.54, 1.807) is 0 Å². The lowest BCUT2D eigenvalue weighted by Gasteiger charge is -2.25. The third-order valence-electron chi connectivity index (χ3n) is 6.91. The van der Waals surface area contributed by atoms with Crippen LogP contribution >= 0.6 is 0 Å². The van der Waals surface area contributed by atoms with Gasteiger partial charge >= 0.3 is 0 Å². The fourth-order valence-corrected chi connectivity index (χ4v) is 4.92. The summed E-state index contributed by atoms with van der Waals surface area (Å²) in [6.45, 7) is 2.12. The Morgan fingerprint density at radius 2 is 0.683 bits per heavy atom. The van der Waals surface area contributed by atoms with E-state index in [1.165, 1.54) is 5.56 Å². The van der Waals surface area contributed by atoms with E-state index in [-0.39, 0.29) is 0 Å². The molecular weight excluding hydrogens is 496 g/mol. The first-order chi connectivity index (χ1) is 20.2. The molecule has 0 saturated carbocycles. The van der Waals surface area contributed by atoms with Gasteiger partial charge in [0.15, 0.2) is 0 Å². The fraction of sp³-hybridized carbons (Fsp3) is 0.0256. The smallest absolute Gasteiger partial charge is 0.0464 e. The van der Waals surface area contributed by atoms with E-state index in [2.05, 4.69) is 174 Å². The molecule has 0 heterocycles. The predicted molar refractivity (Wildman–Crippen MR) is 173 cm³/mol. The average molecular weight is 527 g/mol. The minimum Gasteiger partial charge on any atom is -0.311 e. The van der Waals surface area contributed by atoms with E-state index < -0.39 is 0 Å². The van der Waals surface area contributed by atoms with Crippen LogP contribution in [0.25, 0.3) is 0 Å². The van der Waals surface area contributed by atoms with E-state index >= 15 is 0 Å². The molecule has 6 rings (SSSR count). The highest BCUT2D eigenvalue weighted by atomic mass is 15.1. The van der Waals surface area contributed by atoms with Gasteiger partial charge in [-0.05, 0) is 110 Å². The molecule has 196 valence electrons. The van der Waals surface area contributed by atoms with Crippen molar-refractivity contribution in [2.45, 2.75) is 6.92 Å². The normalized spacial score (nSPS) is 10.4. The van der Waals surface area contributed by atoms with E-state index in [0.29, 0.717) is 0 Å². The molecule has 0 aromatic heterocycles. The number of nitrogens with zero attached hydrogens (tertiary/aromatic N) is 2. The van der Waals surface area contributed by atoms with Gasteiger partial charge in [0.05, 0.1) is 0 Å². The predicted octanol–water partition coefficient (Wildman–Crippen LogP) is 10.3. The summed E-state index contributed by atoms with van der Waals surface area (Å²) in [5.74, 6) is 6.69. The summed E-state index contributed by atoms with van der Waals surface area (Å²) >= 11 is 0. The molecule has 6 aromatic carbocycles. The molecule has 0 aliphatic carbocycles. The molecule has 0 saturated heterocycles. The standard InChI is InChI=1S/C39H30N2/c1-31-12-11-19-39(30-31)41(36-17-9-4-10-18-36)38-28-24-33(25-29-38)21-20-32-22-26-37(27-23-32)40(34-13-5-2-6-14-34)35-15-7-3-8-16-35/h2-19,22-30H,1H3. The zero-order chi connectivity index (χ0) is 27.9. The Hall–Kier alpha value is -5.52. The van der Waals surface area contributed by atoms with Crippen LogP contribution in [0.1, 0.15) is 16.7 Å². The highest BCUT2D eigenvalue weighted by Crippen LogP contribution is 2.35. The van der Waals surface area contributed by atoms with Gasteiger partial charge in [0.1, 0.15) is 0 Å². The summed E-state index contributed by atoms with van der Waals surface area (Å²) in [4.78, 5) is 4.52. The van der Waals surface area contributed by atoms with Gasteiger partial charge < -0.3 is 9.80 Å². The number of hydrogen-bond donors (Lipinski definition) is 0. The molecule has 0 aliphatic rings. The Morgan fingerprint density at radius 1 is 0.341 bits per heavy atom. The van der Waals surface area contributed by atoms with Crippen molar-refractivity contribution in [2.75, 3.05) is 9.80 Å². The van der Waals surface area contributed by atoms with Crippen LogP contribution in [0.4, 0.5) is 34.1 Å². The summed E-state index contributed by atoms with van der Waals surface area (Å²) in [5, 5.41) is 0. The van der Waals surface area contributed by atoms with Gasteiger partial charge in [-0.15, -0.1) is 0 Å². The van der Waals surface area contributed by atoms with Gasteiger partial charge in [-0.25, -0.2) is 0 Å². The average Bonchev–Trinajstić information content (AvgIpc) is 3.03. The molecule has 2 heteroatoms. The van der Waals surface area contributed by atoms with Crippen molar-refractivity contribution in [1.82, 2.24) is 0 Å². The largest absolute Gasteiger partial charge is 0.311 e. The number of aryl methyl sites for hydroxylation is 1. The van der Waals surface area contributed by atoms with Crippen LogP contribution < -0.4 is 9.80 Å². The molecule has 0 unspecified atom stereocenters. The lowest BCUT2D eigenvalue weighted by Crippen LogP contribution is -2.09. The highest BCUT2D eigenvalue weighted by molar-refractivity contribution is 5.78. The van der Waals surface area contributed by atoms with Crippen LogP contribution in [0.2, 0.25) is 0 Å². The fourth-order valence-electron chi connectivity index (χ4n) is 4.92. The Morgan fingerprint density at radius 3 is 1.07 bits per heavy atom. The first-order valence-corrected chi connectivity index (χ1v) is 13.8. The van der Waals surface area contributed by atoms with E-state index in [0.717, 1.165) is 45.3 Å². The van der Waals surface area contributed by atoms with Crippen molar-refractivity contribution < 1.29 is 0 Å². The van der Waals surface area contributed by atoms with Gasteiger partial charge in [0.2, 0.25) is 0 Å². The molecule has 6 aromatic rings. The van der Waals surface area contributed by atoms with E-state index in [4.69, 9.17) is 0 Å². The number of hydrogen-bond acceptors (Lipinski definition) is 2. The minimum absolute atomic E-state index is 0.976. The lowest BCUT2D eigenvalue weighted by atomic mass is 10.1. The van der Waals surface area contributed by atoms with Gasteiger partial charge in [-0.3, -0.25) is 0 Å². The zero-order valence-corrected chi connectivity index (χ0v) is 23.0. The van der Waals surface area contributed by atoms with E-state index in [9.17, 15) is 0 Å². The second-order valence-corrected chi connectivity index (χ2v) is 9.86. The van der Waals surface area contributed by atoms with Crippen molar-refractivity contribution >= 4 is 34.1 Å². The maximum absolute atomic E-state index is 3.35. The number of anilines is 6. The highest BCUT2D eigenvalue weighted by Gasteiger charge is 2.13. The molecule has 0 bridgehead atoms. The Labute approximate surface area is 242 Å². The van der Waals surface area contributed by atoms with E-state index in [1.807, 2.05) is 18.2 Å². The third kappa shape index (κ3) is 6.06. The first-order valence-electron chi connectivity index (χ1n) is 13.8.